The summed E-state index contributed by atoms with van der Waals surface area (Å²) in [5.74, 6) is 1.16. The average molecular weight is 218 g/mol. The van der Waals surface area contributed by atoms with Crippen molar-refractivity contribution >= 4 is 11.6 Å². The Labute approximate surface area is 96.0 Å². The van der Waals surface area contributed by atoms with Crippen molar-refractivity contribution in [3.8, 4) is 0 Å². The van der Waals surface area contributed by atoms with Gasteiger partial charge in [0, 0.05) is 18.9 Å². The molecule has 0 aliphatic heterocycles. The van der Waals surface area contributed by atoms with Gasteiger partial charge in [-0.1, -0.05) is 19.1 Å². The van der Waals surface area contributed by atoms with Gasteiger partial charge in [-0.25, -0.2) is 9.97 Å². The fourth-order valence-electron chi connectivity index (χ4n) is 1.96. The summed E-state index contributed by atoms with van der Waals surface area (Å²) in [5, 5.41) is 3.29. The van der Waals surface area contributed by atoms with Crippen molar-refractivity contribution in [3.63, 3.8) is 0 Å². The van der Waals surface area contributed by atoms with Crippen molar-refractivity contribution in [3.05, 3.63) is 24.5 Å². The molecule has 3 N–H and O–H groups in total. The molecule has 0 saturated carbocycles. The summed E-state index contributed by atoms with van der Waals surface area (Å²) in [6, 6.07) is 0. The first kappa shape index (κ1) is 10.9. The molecule has 1 aliphatic rings. The number of nitrogens with two attached hydrogens (primary N) is 1. The zero-order chi connectivity index (χ0) is 11.4. The lowest BCUT2D eigenvalue weighted by Gasteiger charge is -2.31. The fourth-order valence-corrected chi connectivity index (χ4v) is 1.96. The molecule has 0 aromatic carbocycles. The molecule has 1 aliphatic carbocycles. The molecule has 1 aromatic rings. The van der Waals surface area contributed by atoms with E-state index in [0.717, 1.165) is 19.4 Å². The molecule has 86 valence electrons. The molecule has 0 spiro atoms. The number of hydrogen-bond donors (Lipinski definition) is 2. The van der Waals surface area contributed by atoms with E-state index in [1.807, 2.05) is 0 Å². The SMILES string of the molecule is CC1(CNc2nccnc2N)CC=CCC1. The molecular weight excluding hydrogens is 200 g/mol. The molecule has 1 aromatic heterocycles. The third-order valence-electron chi connectivity index (χ3n) is 3.10. The Kier molecular flexibility index (Phi) is 3.08. The second-order valence-electron chi connectivity index (χ2n) is 4.67. The number of nitrogen functional groups attached to an aromatic ring is 1. The number of aromatic nitrogens is 2. The van der Waals surface area contributed by atoms with E-state index < -0.39 is 0 Å². The Morgan fingerprint density at radius 1 is 1.38 bits per heavy atom. The number of allylic oxidation sites excluding steroid dienone is 2. The Balaban J connectivity index is 1.97. The molecular formula is C12H18N4. The number of anilines is 2. The summed E-state index contributed by atoms with van der Waals surface area (Å²) in [6.45, 7) is 3.18. The molecule has 16 heavy (non-hydrogen) atoms. The van der Waals surface area contributed by atoms with Gasteiger partial charge in [0.1, 0.15) is 0 Å². The van der Waals surface area contributed by atoms with Crippen molar-refractivity contribution in [1.82, 2.24) is 9.97 Å². The van der Waals surface area contributed by atoms with Crippen LogP contribution in [-0.4, -0.2) is 16.5 Å². The van der Waals surface area contributed by atoms with E-state index in [1.165, 1.54) is 6.42 Å². The van der Waals surface area contributed by atoms with Gasteiger partial charge >= 0.3 is 0 Å². The molecule has 0 bridgehead atoms. The van der Waals surface area contributed by atoms with Gasteiger partial charge in [-0.3, -0.25) is 0 Å². The monoisotopic (exact) mass is 218 g/mol. The number of hydrogen-bond acceptors (Lipinski definition) is 4. The molecule has 4 nitrogen and oxygen atoms in total. The number of nitrogens with one attached hydrogen (secondary N) is 1. The quantitative estimate of drug-likeness (QED) is 0.763. The van der Waals surface area contributed by atoms with Crippen LogP contribution in [0.15, 0.2) is 24.5 Å². The zero-order valence-electron chi connectivity index (χ0n) is 9.61. The van der Waals surface area contributed by atoms with Crippen LogP contribution in [0.25, 0.3) is 0 Å². The minimum atomic E-state index is 0.304. The van der Waals surface area contributed by atoms with Crippen LogP contribution in [-0.2, 0) is 0 Å². The molecule has 1 atom stereocenters. The lowest BCUT2D eigenvalue weighted by Crippen LogP contribution is -2.28. The van der Waals surface area contributed by atoms with Crippen molar-refractivity contribution in [2.45, 2.75) is 26.2 Å². The summed E-state index contributed by atoms with van der Waals surface area (Å²) in [4.78, 5) is 8.18. The van der Waals surface area contributed by atoms with Gasteiger partial charge in [0.2, 0.25) is 0 Å². The first-order valence-electron chi connectivity index (χ1n) is 5.65. The van der Waals surface area contributed by atoms with E-state index in [-0.39, 0.29) is 0 Å². The molecule has 4 heteroatoms. The van der Waals surface area contributed by atoms with Crippen LogP contribution in [0.3, 0.4) is 0 Å². The topological polar surface area (TPSA) is 63.8 Å². The maximum Gasteiger partial charge on any atom is 0.168 e. The summed E-state index contributed by atoms with van der Waals surface area (Å²) in [5.41, 5.74) is 6.03. The highest BCUT2D eigenvalue weighted by molar-refractivity contribution is 5.54. The average Bonchev–Trinajstić information content (AvgIpc) is 2.29. The normalized spacial score (nSPS) is 24.3. The highest BCUT2D eigenvalue weighted by Gasteiger charge is 2.24. The van der Waals surface area contributed by atoms with Crippen LogP contribution in [0.4, 0.5) is 11.6 Å². The Bertz CT molecular complexity index is 388. The van der Waals surface area contributed by atoms with Crippen LogP contribution in [0.1, 0.15) is 26.2 Å². The van der Waals surface area contributed by atoms with Gasteiger partial charge in [-0.05, 0) is 24.7 Å². The van der Waals surface area contributed by atoms with E-state index in [4.69, 9.17) is 5.73 Å². The molecule has 1 unspecified atom stereocenters. The second kappa shape index (κ2) is 4.51. The van der Waals surface area contributed by atoms with E-state index in [0.29, 0.717) is 17.1 Å². The van der Waals surface area contributed by atoms with Gasteiger partial charge in [0.05, 0.1) is 0 Å². The summed E-state index contributed by atoms with van der Waals surface area (Å²) < 4.78 is 0. The predicted molar refractivity (Wildman–Crippen MR) is 66.0 cm³/mol. The van der Waals surface area contributed by atoms with E-state index >= 15 is 0 Å². The van der Waals surface area contributed by atoms with E-state index in [9.17, 15) is 0 Å². The van der Waals surface area contributed by atoms with Crippen molar-refractivity contribution in [1.29, 1.82) is 0 Å². The molecule has 2 rings (SSSR count). The van der Waals surface area contributed by atoms with Gasteiger partial charge < -0.3 is 11.1 Å². The highest BCUT2D eigenvalue weighted by Crippen LogP contribution is 2.32. The first-order valence-corrected chi connectivity index (χ1v) is 5.65. The summed E-state index contributed by atoms with van der Waals surface area (Å²) >= 11 is 0. The van der Waals surface area contributed by atoms with Gasteiger partial charge in [-0.15, -0.1) is 0 Å². The summed E-state index contributed by atoms with van der Waals surface area (Å²) in [6.07, 6.45) is 11.2. The molecule has 0 amide bonds. The van der Waals surface area contributed by atoms with Crippen molar-refractivity contribution < 1.29 is 0 Å². The fraction of sp³-hybridized carbons (Fsp3) is 0.500. The minimum absolute atomic E-state index is 0.304. The van der Waals surface area contributed by atoms with Crippen LogP contribution in [0, 0.1) is 5.41 Å². The molecule has 0 saturated heterocycles. The second-order valence-corrected chi connectivity index (χ2v) is 4.67. The molecule has 1 heterocycles. The number of nitrogens with zero attached hydrogens (tertiary/aromatic N) is 2. The van der Waals surface area contributed by atoms with E-state index in [2.05, 4.69) is 34.4 Å². The minimum Gasteiger partial charge on any atom is -0.381 e. The Morgan fingerprint density at radius 2 is 2.19 bits per heavy atom. The zero-order valence-corrected chi connectivity index (χ0v) is 9.61. The maximum absolute atomic E-state index is 5.73. The predicted octanol–water partition coefficient (Wildman–Crippen LogP) is 2.22. The summed E-state index contributed by atoms with van der Waals surface area (Å²) in [7, 11) is 0. The third kappa shape index (κ3) is 2.51. The Hall–Kier alpha value is -1.58. The lowest BCUT2D eigenvalue weighted by molar-refractivity contribution is 0.314. The van der Waals surface area contributed by atoms with Crippen molar-refractivity contribution in [2.75, 3.05) is 17.6 Å². The van der Waals surface area contributed by atoms with Crippen molar-refractivity contribution in [2.24, 2.45) is 5.41 Å². The van der Waals surface area contributed by atoms with Crippen LogP contribution < -0.4 is 11.1 Å². The smallest absolute Gasteiger partial charge is 0.168 e. The standard InChI is InChI=1S/C12H18N4/c1-12(5-3-2-4-6-12)9-16-11-10(13)14-7-8-15-11/h2-3,7-8H,4-6,9H2,1H3,(H2,13,14)(H,15,16). The van der Waals surface area contributed by atoms with Gasteiger partial charge in [-0.2, -0.15) is 0 Å². The maximum atomic E-state index is 5.73. The van der Waals surface area contributed by atoms with E-state index in [1.54, 1.807) is 12.4 Å². The number of rotatable bonds is 3. The Morgan fingerprint density at radius 3 is 2.88 bits per heavy atom. The molecule has 0 fully saturated rings. The lowest BCUT2D eigenvalue weighted by atomic mass is 9.79. The highest BCUT2D eigenvalue weighted by atomic mass is 15.1. The molecule has 0 radical (unpaired) electrons. The van der Waals surface area contributed by atoms with Gasteiger partial charge in [0.25, 0.3) is 0 Å². The van der Waals surface area contributed by atoms with Gasteiger partial charge in [0.15, 0.2) is 11.6 Å². The first-order chi connectivity index (χ1) is 7.70. The van der Waals surface area contributed by atoms with Crippen LogP contribution >= 0.6 is 0 Å². The largest absolute Gasteiger partial charge is 0.381 e. The van der Waals surface area contributed by atoms with Crippen LogP contribution in [0.5, 0.6) is 0 Å². The third-order valence-corrected chi connectivity index (χ3v) is 3.10. The van der Waals surface area contributed by atoms with Crippen LogP contribution in [0.2, 0.25) is 0 Å².